The number of carbonyl (C=O) groups excluding carboxylic acids is 1. The number of amides is 1. The first-order valence-electron chi connectivity index (χ1n) is 7.18. The van der Waals surface area contributed by atoms with Crippen LogP contribution in [0.25, 0.3) is 0 Å². The maximum Gasteiger partial charge on any atom is 0.308 e. The zero-order valence-corrected chi connectivity index (χ0v) is 13.6. The van der Waals surface area contributed by atoms with Crippen molar-refractivity contribution in [3.8, 4) is 0 Å². The van der Waals surface area contributed by atoms with Gasteiger partial charge in [0.2, 0.25) is 0 Å². The fourth-order valence-corrected chi connectivity index (χ4v) is 2.19. The van der Waals surface area contributed by atoms with Crippen molar-refractivity contribution in [3.63, 3.8) is 0 Å². The molecule has 2 aromatic rings. The van der Waals surface area contributed by atoms with E-state index in [4.69, 9.17) is 16.7 Å². The predicted octanol–water partition coefficient (Wildman–Crippen LogP) is 2.42. The van der Waals surface area contributed by atoms with E-state index in [-0.39, 0.29) is 5.91 Å². The molecule has 0 aliphatic rings. The van der Waals surface area contributed by atoms with E-state index in [1.54, 1.807) is 30.8 Å². The van der Waals surface area contributed by atoms with Gasteiger partial charge in [-0.2, -0.15) is 5.10 Å². The molecule has 2 N–H and O–H groups in total. The van der Waals surface area contributed by atoms with Crippen LogP contribution in [0, 0.1) is 5.92 Å². The molecule has 0 aliphatic carbocycles. The second kappa shape index (κ2) is 7.28. The van der Waals surface area contributed by atoms with Crippen molar-refractivity contribution in [1.29, 1.82) is 0 Å². The SMILES string of the molecule is CC(NC(=O)c1cnn(Cc2ccccc2Cl)c1)C(C)C(=O)O. The molecule has 0 saturated heterocycles. The molecular weight excluding hydrogens is 318 g/mol. The van der Waals surface area contributed by atoms with Crippen LogP contribution in [0.4, 0.5) is 0 Å². The highest BCUT2D eigenvalue weighted by Crippen LogP contribution is 2.16. The maximum atomic E-state index is 12.1. The molecule has 6 nitrogen and oxygen atoms in total. The Kier molecular flexibility index (Phi) is 5.39. The van der Waals surface area contributed by atoms with Crippen molar-refractivity contribution < 1.29 is 14.7 Å². The fourth-order valence-electron chi connectivity index (χ4n) is 2.00. The molecule has 7 heteroatoms. The van der Waals surface area contributed by atoms with Crippen LogP contribution in [0.5, 0.6) is 0 Å². The summed E-state index contributed by atoms with van der Waals surface area (Å²) >= 11 is 6.10. The Morgan fingerprint density at radius 2 is 2.04 bits per heavy atom. The molecule has 2 rings (SSSR count). The Morgan fingerprint density at radius 1 is 1.35 bits per heavy atom. The van der Waals surface area contributed by atoms with Crippen LogP contribution in [0.15, 0.2) is 36.7 Å². The van der Waals surface area contributed by atoms with Gasteiger partial charge in [0.15, 0.2) is 0 Å². The van der Waals surface area contributed by atoms with Gasteiger partial charge in [0.05, 0.1) is 24.2 Å². The largest absolute Gasteiger partial charge is 0.481 e. The standard InChI is InChI=1S/C16H18ClN3O3/c1-10(16(22)23)11(2)19-15(21)13-7-18-20(9-13)8-12-5-3-4-6-14(12)17/h3-7,9-11H,8H2,1-2H3,(H,19,21)(H,22,23). The first kappa shape index (κ1) is 17.0. The van der Waals surface area contributed by atoms with Gasteiger partial charge in [-0.15, -0.1) is 0 Å². The van der Waals surface area contributed by atoms with E-state index in [1.807, 2.05) is 18.2 Å². The maximum absolute atomic E-state index is 12.1. The number of nitrogens with zero attached hydrogens (tertiary/aromatic N) is 2. The Bertz CT molecular complexity index is 714. The van der Waals surface area contributed by atoms with Gasteiger partial charge in [0, 0.05) is 17.3 Å². The van der Waals surface area contributed by atoms with Gasteiger partial charge >= 0.3 is 5.97 Å². The van der Waals surface area contributed by atoms with Crippen LogP contribution < -0.4 is 5.32 Å². The van der Waals surface area contributed by atoms with E-state index in [2.05, 4.69) is 10.4 Å². The van der Waals surface area contributed by atoms with Crippen molar-refractivity contribution in [2.75, 3.05) is 0 Å². The molecule has 1 heterocycles. The van der Waals surface area contributed by atoms with Gasteiger partial charge in [0.25, 0.3) is 5.91 Å². The van der Waals surface area contributed by atoms with Gasteiger partial charge in [-0.1, -0.05) is 29.8 Å². The third kappa shape index (κ3) is 4.32. The summed E-state index contributed by atoms with van der Waals surface area (Å²) in [5.41, 5.74) is 1.28. The summed E-state index contributed by atoms with van der Waals surface area (Å²) in [4.78, 5) is 23.0. The Balaban J connectivity index is 2.03. The van der Waals surface area contributed by atoms with Crippen LogP contribution in [-0.4, -0.2) is 32.8 Å². The smallest absolute Gasteiger partial charge is 0.308 e. The number of carboxylic acids is 1. The monoisotopic (exact) mass is 335 g/mol. The predicted molar refractivity (Wildman–Crippen MR) is 86.5 cm³/mol. The lowest BCUT2D eigenvalue weighted by atomic mass is 10.0. The summed E-state index contributed by atoms with van der Waals surface area (Å²) in [5, 5.41) is 16.4. The zero-order valence-electron chi connectivity index (χ0n) is 12.9. The number of aromatic nitrogens is 2. The van der Waals surface area contributed by atoms with Crippen molar-refractivity contribution in [3.05, 3.63) is 52.8 Å². The van der Waals surface area contributed by atoms with Gasteiger partial charge in [-0.05, 0) is 25.5 Å². The number of carbonyl (C=O) groups is 2. The molecular formula is C16H18ClN3O3. The van der Waals surface area contributed by atoms with E-state index >= 15 is 0 Å². The van der Waals surface area contributed by atoms with Crippen molar-refractivity contribution in [1.82, 2.24) is 15.1 Å². The molecule has 0 spiro atoms. The highest BCUT2D eigenvalue weighted by Gasteiger charge is 2.22. The molecule has 122 valence electrons. The van der Waals surface area contributed by atoms with Crippen LogP contribution in [0.2, 0.25) is 5.02 Å². The zero-order chi connectivity index (χ0) is 17.0. The summed E-state index contributed by atoms with van der Waals surface area (Å²) in [6, 6.07) is 6.93. The lowest BCUT2D eigenvalue weighted by molar-refractivity contribution is -0.141. The molecule has 0 bridgehead atoms. The normalized spacial score (nSPS) is 13.3. The van der Waals surface area contributed by atoms with Gasteiger partial charge in [0.1, 0.15) is 0 Å². The summed E-state index contributed by atoms with van der Waals surface area (Å²) in [6.07, 6.45) is 3.06. The molecule has 0 fully saturated rings. The molecule has 2 unspecified atom stereocenters. The minimum atomic E-state index is -0.952. The molecule has 1 amide bonds. The summed E-state index contributed by atoms with van der Waals surface area (Å²) in [7, 11) is 0. The summed E-state index contributed by atoms with van der Waals surface area (Å²) in [6.45, 7) is 3.66. The third-order valence-corrected chi connectivity index (χ3v) is 4.05. The Morgan fingerprint density at radius 3 is 2.70 bits per heavy atom. The highest BCUT2D eigenvalue weighted by molar-refractivity contribution is 6.31. The lowest BCUT2D eigenvalue weighted by Gasteiger charge is -2.17. The first-order chi connectivity index (χ1) is 10.9. The lowest BCUT2D eigenvalue weighted by Crippen LogP contribution is -2.39. The van der Waals surface area contributed by atoms with E-state index in [1.165, 1.54) is 6.20 Å². The number of carboxylic acid groups (broad SMARTS) is 1. The van der Waals surface area contributed by atoms with Crippen LogP contribution in [0.3, 0.4) is 0 Å². The number of nitrogens with one attached hydrogen (secondary N) is 1. The topological polar surface area (TPSA) is 84.2 Å². The quantitative estimate of drug-likeness (QED) is 0.849. The number of halogens is 1. The average Bonchev–Trinajstić information content (AvgIpc) is 2.97. The number of rotatable bonds is 6. The van der Waals surface area contributed by atoms with Crippen LogP contribution in [-0.2, 0) is 11.3 Å². The number of aliphatic carboxylic acids is 1. The van der Waals surface area contributed by atoms with E-state index in [0.29, 0.717) is 17.1 Å². The van der Waals surface area contributed by atoms with Gasteiger partial charge in [-0.3, -0.25) is 14.3 Å². The molecule has 0 aliphatic heterocycles. The number of hydrogen-bond acceptors (Lipinski definition) is 3. The minimum Gasteiger partial charge on any atom is -0.481 e. The molecule has 2 atom stereocenters. The van der Waals surface area contributed by atoms with E-state index in [0.717, 1.165) is 5.56 Å². The van der Waals surface area contributed by atoms with Gasteiger partial charge < -0.3 is 10.4 Å². The van der Waals surface area contributed by atoms with Gasteiger partial charge in [-0.25, -0.2) is 0 Å². The molecule has 23 heavy (non-hydrogen) atoms. The average molecular weight is 336 g/mol. The number of hydrogen-bond donors (Lipinski definition) is 2. The molecule has 0 radical (unpaired) electrons. The van der Waals surface area contributed by atoms with Crippen molar-refractivity contribution >= 4 is 23.5 Å². The van der Waals surface area contributed by atoms with Crippen LogP contribution >= 0.6 is 11.6 Å². The molecule has 0 saturated carbocycles. The van der Waals surface area contributed by atoms with E-state index < -0.39 is 17.9 Å². The van der Waals surface area contributed by atoms with Crippen molar-refractivity contribution in [2.45, 2.75) is 26.4 Å². The molecule has 1 aromatic heterocycles. The fraction of sp³-hybridized carbons (Fsp3) is 0.312. The second-order valence-electron chi connectivity index (χ2n) is 5.41. The van der Waals surface area contributed by atoms with Crippen LogP contribution in [0.1, 0.15) is 29.8 Å². The molecule has 1 aromatic carbocycles. The highest BCUT2D eigenvalue weighted by atomic mass is 35.5. The third-order valence-electron chi connectivity index (χ3n) is 3.68. The van der Waals surface area contributed by atoms with E-state index in [9.17, 15) is 9.59 Å². The summed E-state index contributed by atoms with van der Waals surface area (Å²) in [5.74, 6) is -1.97. The minimum absolute atomic E-state index is 0.351. The summed E-state index contributed by atoms with van der Waals surface area (Å²) < 4.78 is 1.61. The Labute approximate surface area is 139 Å². The van der Waals surface area contributed by atoms with Crippen molar-refractivity contribution in [2.24, 2.45) is 5.92 Å². The second-order valence-corrected chi connectivity index (χ2v) is 5.81. The Hall–Kier alpha value is -2.34. The number of benzene rings is 1. The first-order valence-corrected chi connectivity index (χ1v) is 7.56.